The quantitative estimate of drug-likeness (QED) is 0.749. The van der Waals surface area contributed by atoms with Gasteiger partial charge in [0.2, 0.25) is 10.0 Å². The van der Waals surface area contributed by atoms with E-state index < -0.39 is 16.0 Å². The molecule has 0 atom stereocenters. The lowest BCUT2D eigenvalue weighted by atomic mass is 10.2. The normalized spacial score (nSPS) is 11.3. The van der Waals surface area contributed by atoms with Gasteiger partial charge in [-0.3, -0.25) is 4.72 Å². The van der Waals surface area contributed by atoms with Crippen LogP contribution in [0.1, 0.15) is 17.3 Å². The molecule has 19 heavy (non-hydrogen) atoms. The predicted molar refractivity (Wildman–Crippen MR) is 72.3 cm³/mol. The summed E-state index contributed by atoms with van der Waals surface area (Å²) in [6.07, 6.45) is 0. The lowest BCUT2D eigenvalue weighted by molar-refractivity contribution is 0.0697. The number of carbonyl (C=O) groups is 1. The molecule has 1 aromatic rings. The van der Waals surface area contributed by atoms with E-state index in [4.69, 9.17) is 21.4 Å². The smallest absolute Gasteiger partial charge is 0.337 e. The van der Waals surface area contributed by atoms with E-state index in [1.165, 1.54) is 18.2 Å². The van der Waals surface area contributed by atoms with Crippen LogP contribution in [0.5, 0.6) is 0 Å². The van der Waals surface area contributed by atoms with Gasteiger partial charge in [0.1, 0.15) is 0 Å². The van der Waals surface area contributed by atoms with E-state index in [0.29, 0.717) is 6.61 Å². The van der Waals surface area contributed by atoms with Gasteiger partial charge in [0.15, 0.2) is 0 Å². The van der Waals surface area contributed by atoms with Crippen LogP contribution in [-0.4, -0.2) is 38.5 Å². The topological polar surface area (TPSA) is 92.7 Å². The van der Waals surface area contributed by atoms with E-state index in [1.807, 2.05) is 0 Å². The van der Waals surface area contributed by atoms with Gasteiger partial charge in [-0.25, -0.2) is 13.2 Å². The summed E-state index contributed by atoms with van der Waals surface area (Å²) in [5, 5.41) is 8.93. The zero-order valence-electron chi connectivity index (χ0n) is 10.2. The van der Waals surface area contributed by atoms with Gasteiger partial charge in [0, 0.05) is 12.3 Å². The van der Waals surface area contributed by atoms with E-state index in [1.54, 1.807) is 6.92 Å². The Morgan fingerprint density at radius 1 is 1.47 bits per heavy atom. The summed E-state index contributed by atoms with van der Waals surface area (Å²) in [4.78, 5) is 10.9. The molecule has 0 aromatic heterocycles. The minimum Gasteiger partial charge on any atom is -0.478 e. The SMILES string of the molecule is CCOCCS(=O)(=O)Nc1ccc(Cl)c(C(=O)O)c1. The molecule has 6 nitrogen and oxygen atoms in total. The second-order valence-electron chi connectivity index (χ2n) is 3.62. The minimum absolute atomic E-state index is 0.0461. The molecule has 1 aromatic carbocycles. The van der Waals surface area contributed by atoms with Crippen molar-refractivity contribution in [1.82, 2.24) is 0 Å². The largest absolute Gasteiger partial charge is 0.478 e. The number of carboxylic acid groups (broad SMARTS) is 1. The van der Waals surface area contributed by atoms with Gasteiger partial charge in [-0.15, -0.1) is 0 Å². The number of hydrogen-bond donors (Lipinski definition) is 2. The first-order valence-corrected chi connectivity index (χ1v) is 7.50. The van der Waals surface area contributed by atoms with E-state index >= 15 is 0 Å². The molecule has 0 spiro atoms. The van der Waals surface area contributed by atoms with E-state index in [2.05, 4.69) is 4.72 Å². The summed E-state index contributed by atoms with van der Waals surface area (Å²) in [5.74, 6) is -1.42. The van der Waals surface area contributed by atoms with Crippen LogP contribution in [0.25, 0.3) is 0 Å². The Morgan fingerprint density at radius 2 is 2.16 bits per heavy atom. The number of carboxylic acids is 1. The summed E-state index contributed by atoms with van der Waals surface area (Å²) in [6, 6.07) is 3.89. The Bertz CT molecular complexity index is 558. The van der Waals surface area contributed by atoms with Gasteiger partial charge in [-0.05, 0) is 25.1 Å². The molecule has 0 radical (unpaired) electrons. The summed E-state index contributed by atoms with van der Waals surface area (Å²) in [7, 11) is -3.57. The van der Waals surface area contributed by atoms with Crippen LogP contribution in [0, 0.1) is 0 Å². The molecule has 106 valence electrons. The highest BCUT2D eigenvalue weighted by molar-refractivity contribution is 7.92. The molecular weight excluding hydrogens is 294 g/mol. The number of sulfonamides is 1. The van der Waals surface area contributed by atoms with Crippen LogP contribution in [0.2, 0.25) is 5.02 Å². The van der Waals surface area contributed by atoms with Crippen molar-refractivity contribution in [2.24, 2.45) is 0 Å². The van der Waals surface area contributed by atoms with Gasteiger partial charge in [0.25, 0.3) is 0 Å². The van der Waals surface area contributed by atoms with Gasteiger partial charge < -0.3 is 9.84 Å². The second-order valence-corrected chi connectivity index (χ2v) is 5.87. The molecule has 8 heteroatoms. The van der Waals surface area contributed by atoms with Gasteiger partial charge in [-0.1, -0.05) is 11.6 Å². The second kappa shape index (κ2) is 6.74. The first kappa shape index (κ1) is 15.7. The van der Waals surface area contributed by atoms with E-state index in [9.17, 15) is 13.2 Å². The predicted octanol–water partition coefficient (Wildman–Crippen LogP) is 1.82. The number of nitrogens with one attached hydrogen (secondary N) is 1. The van der Waals surface area contributed by atoms with Crippen LogP contribution in [-0.2, 0) is 14.8 Å². The van der Waals surface area contributed by atoms with Crippen LogP contribution in [0.3, 0.4) is 0 Å². The number of hydrogen-bond acceptors (Lipinski definition) is 4. The number of halogens is 1. The highest BCUT2D eigenvalue weighted by Gasteiger charge is 2.14. The van der Waals surface area contributed by atoms with Crippen molar-refractivity contribution >= 4 is 33.3 Å². The first-order chi connectivity index (χ1) is 8.85. The molecule has 1 rings (SSSR count). The molecule has 0 heterocycles. The van der Waals surface area contributed by atoms with Crippen molar-refractivity contribution in [2.75, 3.05) is 23.7 Å². The van der Waals surface area contributed by atoms with Crippen molar-refractivity contribution in [3.05, 3.63) is 28.8 Å². The Balaban J connectivity index is 2.82. The molecule has 0 aliphatic heterocycles. The first-order valence-electron chi connectivity index (χ1n) is 5.47. The highest BCUT2D eigenvalue weighted by Crippen LogP contribution is 2.21. The third-order valence-corrected chi connectivity index (χ3v) is 3.75. The van der Waals surface area contributed by atoms with Crippen LogP contribution < -0.4 is 4.72 Å². The summed E-state index contributed by atoms with van der Waals surface area (Å²) < 4.78 is 30.6. The number of benzene rings is 1. The van der Waals surface area contributed by atoms with Crippen molar-refractivity contribution in [1.29, 1.82) is 0 Å². The van der Waals surface area contributed by atoms with Gasteiger partial charge in [-0.2, -0.15) is 0 Å². The van der Waals surface area contributed by atoms with Gasteiger partial charge in [0.05, 0.1) is 22.9 Å². The van der Waals surface area contributed by atoms with Crippen molar-refractivity contribution < 1.29 is 23.1 Å². The lowest BCUT2D eigenvalue weighted by Gasteiger charge is -2.09. The maximum atomic E-state index is 11.7. The number of rotatable bonds is 7. The fourth-order valence-corrected chi connectivity index (χ4v) is 2.42. The van der Waals surface area contributed by atoms with Gasteiger partial charge >= 0.3 is 5.97 Å². The molecular formula is C11H14ClNO5S. The van der Waals surface area contributed by atoms with Crippen molar-refractivity contribution in [3.8, 4) is 0 Å². The fraction of sp³-hybridized carbons (Fsp3) is 0.364. The number of anilines is 1. The van der Waals surface area contributed by atoms with Crippen LogP contribution in [0.4, 0.5) is 5.69 Å². The molecule has 0 aliphatic carbocycles. The van der Waals surface area contributed by atoms with Crippen molar-refractivity contribution in [2.45, 2.75) is 6.92 Å². The highest BCUT2D eigenvalue weighted by atomic mass is 35.5. The minimum atomic E-state index is -3.57. The summed E-state index contributed by atoms with van der Waals surface area (Å²) in [6.45, 7) is 2.27. The molecule has 2 N–H and O–H groups in total. The average molecular weight is 308 g/mol. The zero-order chi connectivity index (χ0) is 14.5. The maximum Gasteiger partial charge on any atom is 0.337 e. The Kier molecular flexibility index (Phi) is 5.59. The monoisotopic (exact) mass is 307 g/mol. The summed E-state index contributed by atoms with van der Waals surface area (Å²) >= 11 is 5.69. The zero-order valence-corrected chi connectivity index (χ0v) is 11.8. The Morgan fingerprint density at radius 3 is 2.74 bits per heavy atom. The maximum absolute atomic E-state index is 11.7. The fourth-order valence-electron chi connectivity index (χ4n) is 1.30. The van der Waals surface area contributed by atoms with Crippen LogP contribution in [0.15, 0.2) is 18.2 Å². The van der Waals surface area contributed by atoms with Crippen molar-refractivity contribution in [3.63, 3.8) is 0 Å². The van der Waals surface area contributed by atoms with E-state index in [-0.39, 0.29) is 28.6 Å². The summed E-state index contributed by atoms with van der Waals surface area (Å²) in [5.41, 5.74) is -0.00928. The van der Waals surface area contributed by atoms with E-state index in [0.717, 1.165) is 0 Å². The van der Waals surface area contributed by atoms with Crippen LogP contribution >= 0.6 is 11.6 Å². The molecule has 0 saturated heterocycles. The molecule has 0 aliphatic rings. The average Bonchev–Trinajstić information content (AvgIpc) is 2.31. The third-order valence-electron chi connectivity index (χ3n) is 2.17. The Labute approximate surface area is 116 Å². The lowest BCUT2D eigenvalue weighted by Crippen LogP contribution is -2.20. The molecule has 0 fully saturated rings. The standard InChI is InChI=1S/C11H14ClNO5S/c1-2-18-5-6-19(16,17)13-8-3-4-10(12)9(7-8)11(14)15/h3-4,7,13H,2,5-6H2,1H3,(H,14,15). The molecule has 0 amide bonds. The third kappa shape index (κ3) is 5.06. The number of ether oxygens (including phenoxy) is 1. The molecule has 0 unspecified atom stereocenters. The molecule has 0 saturated carbocycles. The molecule has 0 bridgehead atoms. The Hall–Kier alpha value is -1.31. The number of aromatic carboxylic acids is 1.